The number of ether oxygens (including phenoxy) is 1. The summed E-state index contributed by atoms with van der Waals surface area (Å²) in [5.41, 5.74) is 0.665. The summed E-state index contributed by atoms with van der Waals surface area (Å²) in [5, 5.41) is 8.49. The number of halogens is 1. The van der Waals surface area contributed by atoms with E-state index in [9.17, 15) is 4.79 Å². The van der Waals surface area contributed by atoms with Gasteiger partial charge in [0, 0.05) is 6.08 Å². The third-order valence-corrected chi connectivity index (χ3v) is 2.32. The van der Waals surface area contributed by atoms with Crippen LogP contribution in [0.25, 0.3) is 0 Å². The SMILES string of the molecule is C/C(=C\C(=O)O)COc1ccccc1Br. The van der Waals surface area contributed by atoms with Crippen LogP contribution in [0.2, 0.25) is 0 Å². The first-order valence-electron chi connectivity index (χ1n) is 4.37. The van der Waals surface area contributed by atoms with Gasteiger partial charge in [-0.2, -0.15) is 0 Å². The minimum Gasteiger partial charge on any atom is -0.488 e. The highest BCUT2D eigenvalue weighted by atomic mass is 79.9. The Morgan fingerprint density at radius 2 is 2.20 bits per heavy atom. The summed E-state index contributed by atoms with van der Waals surface area (Å²) < 4.78 is 6.28. The third-order valence-electron chi connectivity index (χ3n) is 1.66. The zero-order valence-electron chi connectivity index (χ0n) is 8.24. The van der Waals surface area contributed by atoms with Crippen LogP contribution in [0.4, 0.5) is 0 Å². The zero-order chi connectivity index (χ0) is 11.3. The molecule has 0 amide bonds. The Balaban J connectivity index is 2.58. The molecule has 0 aromatic heterocycles. The van der Waals surface area contributed by atoms with Crippen LogP contribution >= 0.6 is 15.9 Å². The number of carbonyl (C=O) groups is 1. The number of carboxylic acids is 1. The minimum atomic E-state index is -0.955. The highest BCUT2D eigenvalue weighted by Gasteiger charge is 2.00. The molecule has 0 bridgehead atoms. The fourth-order valence-electron chi connectivity index (χ4n) is 1.01. The molecule has 0 atom stereocenters. The summed E-state index contributed by atoms with van der Waals surface area (Å²) in [5.74, 6) is -0.251. The van der Waals surface area contributed by atoms with Crippen LogP contribution in [0.3, 0.4) is 0 Å². The summed E-state index contributed by atoms with van der Waals surface area (Å²) in [4.78, 5) is 10.3. The topological polar surface area (TPSA) is 46.5 Å². The second-order valence-electron chi connectivity index (χ2n) is 3.05. The number of benzene rings is 1. The molecule has 80 valence electrons. The van der Waals surface area contributed by atoms with E-state index < -0.39 is 5.97 Å². The fraction of sp³-hybridized carbons (Fsp3) is 0.182. The van der Waals surface area contributed by atoms with Gasteiger partial charge in [0.25, 0.3) is 0 Å². The van der Waals surface area contributed by atoms with Gasteiger partial charge >= 0.3 is 5.97 Å². The van der Waals surface area contributed by atoms with Crippen LogP contribution < -0.4 is 4.74 Å². The molecule has 0 saturated heterocycles. The maximum atomic E-state index is 10.3. The molecule has 3 nitrogen and oxygen atoms in total. The average Bonchev–Trinajstić information content (AvgIpc) is 2.15. The molecule has 1 N–H and O–H groups in total. The Morgan fingerprint density at radius 1 is 1.53 bits per heavy atom. The first-order chi connectivity index (χ1) is 7.09. The van der Waals surface area contributed by atoms with Gasteiger partial charge in [-0.25, -0.2) is 4.79 Å². The Labute approximate surface area is 96.5 Å². The highest BCUT2D eigenvalue weighted by molar-refractivity contribution is 9.10. The maximum Gasteiger partial charge on any atom is 0.328 e. The molecule has 4 heteroatoms. The molecule has 0 heterocycles. The second-order valence-corrected chi connectivity index (χ2v) is 3.90. The first kappa shape index (κ1) is 11.8. The maximum absolute atomic E-state index is 10.3. The van der Waals surface area contributed by atoms with Gasteiger partial charge in [0.05, 0.1) is 4.47 Å². The van der Waals surface area contributed by atoms with Crippen molar-refractivity contribution in [2.75, 3.05) is 6.61 Å². The molecule has 0 radical (unpaired) electrons. The van der Waals surface area contributed by atoms with Crippen molar-refractivity contribution < 1.29 is 14.6 Å². The van der Waals surface area contributed by atoms with E-state index in [0.29, 0.717) is 11.3 Å². The Hall–Kier alpha value is -1.29. The van der Waals surface area contributed by atoms with E-state index in [1.165, 1.54) is 0 Å². The first-order valence-corrected chi connectivity index (χ1v) is 5.16. The van der Waals surface area contributed by atoms with Crippen molar-refractivity contribution in [1.82, 2.24) is 0 Å². The monoisotopic (exact) mass is 270 g/mol. The summed E-state index contributed by atoms with van der Waals surface area (Å²) in [6.07, 6.45) is 1.14. The van der Waals surface area contributed by atoms with E-state index in [0.717, 1.165) is 10.5 Å². The van der Waals surface area contributed by atoms with Crippen molar-refractivity contribution in [3.05, 3.63) is 40.4 Å². The molecule has 0 saturated carbocycles. The van der Waals surface area contributed by atoms with Crippen molar-refractivity contribution in [3.63, 3.8) is 0 Å². The molecule has 1 rings (SSSR count). The van der Waals surface area contributed by atoms with Gasteiger partial charge < -0.3 is 9.84 Å². The lowest BCUT2D eigenvalue weighted by Crippen LogP contribution is -2.01. The van der Waals surface area contributed by atoms with Gasteiger partial charge in [-0.15, -0.1) is 0 Å². The van der Waals surface area contributed by atoms with E-state index >= 15 is 0 Å². The average molecular weight is 271 g/mol. The van der Waals surface area contributed by atoms with Gasteiger partial charge in [0.15, 0.2) is 0 Å². The molecular weight excluding hydrogens is 260 g/mol. The normalized spacial score (nSPS) is 11.2. The summed E-state index contributed by atoms with van der Waals surface area (Å²) in [7, 11) is 0. The van der Waals surface area contributed by atoms with E-state index in [4.69, 9.17) is 9.84 Å². The predicted octanol–water partition coefficient (Wildman–Crippen LogP) is 2.86. The molecule has 0 spiro atoms. The van der Waals surface area contributed by atoms with Gasteiger partial charge in [-0.05, 0) is 40.6 Å². The molecular formula is C11H11BrO3. The molecule has 1 aromatic rings. The zero-order valence-corrected chi connectivity index (χ0v) is 9.82. The Bertz CT molecular complexity index is 385. The van der Waals surface area contributed by atoms with Gasteiger partial charge in [0.2, 0.25) is 0 Å². The van der Waals surface area contributed by atoms with Crippen LogP contribution in [-0.4, -0.2) is 17.7 Å². The standard InChI is InChI=1S/C11H11BrO3/c1-8(6-11(13)14)7-15-10-5-3-2-4-9(10)12/h2-6H,7H2,1H3,(H,13,14)/b8-6+. The van der Waals surface area contributed by atoms with E-state index in [1.807, 2.05) is 24.3 Å². The second kappa shape index (κ2) is 5.56. The molecule has 0 unspecified atom stereocenters. The summed E-state index contributed by atoms with van der Waals surface area (Å²) >= 11 is 3.34. The van der Waals surface area contributed by atoms with Crippen molar-refractivity contribution in [1.29, 1.82) is 0 Å². The largest absolute Gasteiger partial charge is 0.488 e. The quantitative estimate of drug-likeness (QED) is 0.856. The third kappa shape index (κ3) is 4.16. The Morgan fingerprint density at radius 3 is 2.80 bits per heavy atom. The molecule has 15 heavy (non-hydrogen) atoms. The van der Waals surface area contributed by atoms with Gasteiger partial charge in [-0.1, -0.05) is 12.1 Å². The van der Waals surface area contributed by atoms with Crippen molar-refractivity contribution in [3.8, 4) is 5.75 Å². The summed E-state index contributed by atoms with van der Waals surface area (Å²) in [6.45, 7) is 1.99. The van der Waals surface area contributed by atoms with Crippen LogP contribution in [0.5, 0.6) is 5.75 Å². The smallest absolute Gasteiger partial charge is 0.328 e. The van der Waals surface area contributed by atoms with Crippen LogP contribution in [0.15, 0.2) is 40.4 Å². The lowest BCUT2D eigenvalue weighted by Gasteiger charge is -2.07. The van der Waals surface area contributed by atoms with Crippen LogP contribution in [0.1, 0.15) is 6.92 Å². The van der Waals surface area contributed by atoms with Crippen molar-refractivity contribution in [2.45, 2.75) is 6.92 Å². The van der Waals surface area contributed by atoms with E-state index in [2.05, 4.69) is 15.9 Å². The van der Waals surface area contributed by atoms with Gasteiger partial charge in [0.1, 0.15) is 12.4 Å². The number of hydrogen-bond donors (Lipinski definition) is 1. The molecule has 1 aromatic carbocycles. The number of carboxylic acid groups (broad SMARTS) is 1. The van der Waals surface area contributed by atoms with Crippen molar-refractivity contribution in [2.24, 2.45) is 0 Å². The fourth-order valence-corrected chi connectivity index (χ4v) is 1.41. The van der Waals surface area contributed by atoms with E-state index in [1.54, 1.807) is 6.92 Å². The lowest BCUT2D eigenvalue weighted by molar-refractivity contribution is -0.131. The molecule has 0 aliphatic carbocycles. The molecule has 0 aliphatic heterocycles. The van der Waals surface area contributed by atoms with Crippen LogP contribution in [-0.2, 0) is 4.79 Å². The number of aliphatic carboxylic acids is 1. The highest BCUT2D eigenvalue weighted by Crippen LogP contribution is 2.23. The van der Waals surface area contributed by atoms with Gasteiger partial charge in [-0.3, -0.25) is 0 Å². The summed E-state index contributed by atoms with van der Waals surface area (Å²) in [6, 6.07) is 7.43. The lowest BCUT2D eigenvalue weighted by atomic mass is 10.3. The van der Waals surface area contributed by atoms with E-state index in [-0.39, 0.29) is 6.61 Å². The number of para-hydroxylation sites is 1. The predicted molar refractivity (Wildman–Crippen MR) is 61.0 cm³/mol. The number of rotatable bonds is 4. The molecule has 0 aliphatic rings. The van der Waals surface area contributed by atoms with Crippen molar-refractivity contribution >= 4 is 21.9 Å². The minimum absolute atomic E-state index is 0.273. The molecule has 0 fully saturated rings. The Kier molecular flexibility index (Phi) is 4.37. The number of hydrogen-bond acceptors (Lipinski definition) is 2. The van der Waals surface area contributed by atoms with Crippen LogP contribution in [0, 0.1) is 0 Å².